The molecule has 8 heteroatoms. The number of aromatic nitrogens is 1. The minimum Gasteiger partial charge on any atom is -0.353 e. The highest BCUT2D eigenvalue weighted by Gasteiger charge is 2.30. The van der Waals surface area contributed by atoms with Crippen LogP contribution in [0.1, 0.15) is 30.4 Å². The number of halogens is 4. The lowest BCUT2D eigenvalue weighted by Crippen LogP contribution is -2.49. The summed E-state index contributed by atoms with van der Waals surface area (Å²) in [6, 6.07) is 8.93. The fourth-order valence-electron chi connectivity index (χ4n) is 3.25. The molecule has 1 aliphatic heterocycles. The third kappa shape index (κ3) is 5.04. The van der Waals surface area contributed by atoms with E-state index >= 15 is 0 Å². The van der Waals surface area contributed by atoms with Gasteiger partial charge in [-0.15, -0.1) is 0 Å². The minimum absolute atomic E-state index is 0.0239. The Morgan fingerprint density at radius 2 is 1.75 bits per heavy atom. The number of hydrogen-bond donors (Lipinski definition) is 0. The van der Waals surface area contributed by atoms with Gasteiger partial charge in [-0.25, -0.2) is 4.98 Å². The van der Waals surface area contributed by atoms with Crippen molar-refractivity contribution in [1.29, 1.82) is 0 Å². The first-order valence-electron chi connectivity index (χ1n) is 9.05. The summed E-state index contributed by atoms with van der Waals surface area (Å²) in [5.41, 5.74) is 0.0616. The molecule has 1 aromatic carbocycles. The number of anilines is 1. The van der Waals surface area contributed by atoms with E-state index < -0.39 is 11.7 Å². The first kappa shape index (κ1) is 20.6. The first-order chi connectivity index (χ1) is 13.2. The van der Waals surface area contributed by atoms with E-state index in [1.807, 2.05) is 24.0 Å². The summed E-state index contributed by atoms with van der Waals surface area (Å²) < 4.78 is 38.9. The molecule has 1 amide bonds. The third-order valence-electron chi connectivity index (χ3n) is 4.96. The molecule has 1 atom stereocenters. The molecular weight excluding hydrogens is 435 g/mol. The van der Waals surface area contributed by atoms with Gasteiger partial charge in [0.25, 0.3) is 0 Å². The molecule has 0 saturated carbocycles. The van der Waals surface area contributed by atoms with Crippen LogP contribution in [0.5, 0.6) is 0 Å². The molecule has 1 aromatic heterocycles. The number of rotatable bonds is 4. The Balaban J connectivity index is 1.53. The molecular formula is C20H21BrF3N3O. The average Bonchev–Trinajstić information content (AvgIpc) is 2.68. The van der Waals surface area contributed by atoms with Gasteiger partial charge < -0.3 is 9.80 Å². The molecule has 0 spiro atoms. The van der Waals surface area contributed by atoms with Gasteiger partial charge in [-0.2, -0.15) is 13.2 Å². The molecule has 1 saturated heterocycles. The standard InChI is InChI=1S/C20H21BrF3N3O/c1-14(15-2-4-16(5-3-15)20(22,23)24)12-19(28)27-10-8-26(9-11-27)18-7-6-17(21)13-25-18/h2-7,13-14H,8-12H2,1H3. The van der Waals surface area contributed by atoms with Crippen LogP contribution >= 0.6 is 15.9 Å². The molecule has 2 aromatic rings. The fourth-order valence-corrected chi connectivity index (χ4v) is 3.48. The molecule has 4 nitrogen and oxygen atoms in total. The largest absolute Gasteiger partial charge is 0.416 e. The van der Waals surface area contributed by atoms with Crippen molar-refractivity contribution in [3.8, 4) is 0 Å². The van der Waals surface area contributed by atoms with Crippen LogP contribution in [0.15, 0.2) is 47.1 Å². The zero-order valence-corrected chi connectivity index (χ0v) is 17.0. The molecule has 0 aliphatic carbocycles. The zero-order chi connectivity index (χ0) is 20.3. The van der Waals surface area contributed by atoms with Crippen molar-refractivity contribution in [1.82, 2.24) is 9.88 Å². The van der Waals surface area contributed by atoms with E-state index in [2.05, 4.69) is 25.8 Å². The maximum Gasteiger partial charge on any atom is 0.416 e. The minimum atomic E-state index is -4.35. The summed E-state index contributed by atoms with van der Waals surface area (Å²) in [6.07, 6.45) is -2.32. The van der Waals surface area contributed by atoms with Crippen molar-refractivity contribution in [2.24, 2.45) is 0 Å². The topological polar surface area (TPSA) is 36.4 Å². The highest BCUT2D eigenvalue weighted by Crippen LogP contribution is 2.31. The van der Waals surface area contributed by atoms with Crippen LogP contribution < -0.4 is 4.90 Å². The summed E-state index contributed by atoms with van der Waals surface area (Å²) in [7, 11) is 0. The molecule has 1 fully saturated rings. The monoisotopic (exact) mass is 455 g/mol. The lowest BCUT2D eigenvalue weighted by atomic mass is 9.96. The zero-order valence-electron chi connectivity index (χ0n) is 15.4. The van der Waals surface area contributed by atoms with Gasteiger partial charge in [0.2, 0.25) is 5.91 Å². The Morgan fingerprint density at radius 1 is 1.11 bits per heavy atom. The van der Waals surface area contributed by atoms with E-state index in [0.717, 1.165) is 28.0 Å². The van der Waals surface area contributed by atoms with Crippen LogP contribution in [0.3, 0.4) is 0 Å². The second-order valence-electron chi connectivity index (χ2n) is 6.93. The summed E-state index contributed by atoms with van der Waals surface area (Å²) in [5.74, 6) is 0.769. The van der Waals surface area contributed by atoms with Crippen molar-refractivity contribution < 1.29 is 18.0 Å². The van der Waals surface area contributed by atoms with Crippen LogP contribution in [0.25, 0.3) is 0 Å². The van der Waals surface area contributed by atoms with Crippen molar-refractivity contribution in [3.63, 3.8) is 0 Å². The first-order valence-corrected chi connectivity index (χ1v) is 9.85. The Morgan fingerprint density at radius 3 is 2.29 bits per heavy atom. The van der Waals surface area contributed by atoms with Crippen molar-refractivity contribution in [2.75, 3.05) is 31.1 Å². The molecule has 28 heavy (non-hydrogen) atoms. The van der Waals surface area contributed by atoms with Gasteiger partial charge in [0.1, 0.15) is 5.82 Å². The highest BCUT2D eigenvalue weighted by atomic mass is 79.9. The van der Waals surface area contributed by atoms with Gasteiger partial charge in [0, 0.05) is 43.3 Å². The van der Waals surface area contributed by atoms with Gasteiger partial charge in [0.05, 0.1) is 5.56 Å². The number of carbonyl (C=O) groups excluding carboxylic acids is 1. The van der Waals surface area contributed by atoms with Gasteiger partial charge in [-0.05, 0) is 51.7 Å². The number of carbonyl (C=O) groups is 1. The maximum atomic E-state index is 12.7. The Kier molecular flexibility index (Phi) is 6.27. The molecule has 150 valence electrons. The van der Waals surface area contributed by atoms with Crippen molar-refractivity contribution in [2.45, 2.75) is 25.4 Å². The lowest BCUT2D eigenvalue weighted by molar-refractivity contribution is -0.137. The van der Waals surface area contributed by atoms with Crippen LogP contribution in [0.2, 0.25) is 0 Å². The van der Waals surface area contributed by atoms with E-state index in [-0.39, 0.29) is 18.2 Å². The molecule has 2 heterocycles. The van der Waals surface area contributed by atoms with E-state index in [1.165, 1.54) is 12.1 Å². The number of benzene rings is 1. The van der Waals surface area contributed by atoms with Crippen molar-refractivity contribution >= 4 is 27.7 Å². The van der Waals surface area contributed by atoms with E-state index in [9.17, 15) is 18.0 Å². The normalized spacial score (nSPS) is 16.2. The molecule has 1 aliphatic rings. The molecule has 0 N–H and O–H groups in total. The van der Waals surface area contributed by atoms with Gasteiger partial charge in [-0.1, -0.05) is 19.1 Å². The van der Waals surface area contributed by atoms with Crippen molar-refractivity contribution in [3.05, 3.63) is 58.2 Å². The lowest BCUT2D eigenvalue weighted by Gasteiger charge is -2.36. The Hall–Kier alpha value is -2.09. The second kappa shape index (κ2) is 8.51. The van der Waals surface area contributed by atoms with Crippen LogP contribution in [0, 0.1) is 0 Å². The number of alkyl halides is 3. The SMILES string of the molecule is CC(CC(=O)N1CCN(c2ccc(Br)cn2)CC1)c1ccc(C(F)(F)F)cc1. The van der Waals surface area contributed by atoms with Crippen LogP contribution in [-0.2, 0) is 11.0 Å². The van der Waals surface area contributed by atoms with Crippen LogP contribution in [0.4, 0.5) is 19.0 Å². The quantitative estimate of drug-likeness (QED) is 0.669. The smallest absolute Gasteiger partial charge is 0.353 e. The highest BCUT2D eigenvalue weighted by molar-refractivity contribution is 9.10. The van der Waals surface area contributed by atoms with Crippen LogP contribution in [-0.4, -0.2) is 42.0 Å². The number of piperazine rings is 1. The number of pyridine rings is 1. The number of amides is 1. The molecule has 3 rings (SSSR count). The molecule has 0 radical (unpaired) electrons. The van der Waals surface area contributed by atoms with Gasteiger partial charge in [-0.3, -0.25) is 4.79 Å². The van der Waals surface area contributed by atoms with E-state index in [0.29, 0.717) is 26.2 Å². The van der Waals surface area contributed by atoms with E-state index in [4.69, 9.17) is 0 Å². The summed E-state index contributed by atoms with van der Waals surface area (Å²) >= 11 is 3.36. The second-order valence-corrected chi connectivity index (χ2v) is 7.84. The summed E-state index contributed by atoms with van der Waals surface area (Å²) in [6.45, 7) is 4.49. The predicted octanol–water partition coefficient (Wildman–Crippen LogP) is 4.71. The Labute approximate surface area is 170 Å². The predicted molar refractivity (Wildman–Crippen MR) is 105 cm³/mol. The molecule has 0 bridgehead atoms. The van der Waals surface area contributed by atoms with Gasteiger partial charge in [0.15, 0.2) is 0 Å². The third-order valence-corrected chi connectivity index (χ3v) is 5.43. The Bertz CT molecular complexity index is 801. The molecule has 1 unspecified atom stereocenters. The number of hydrogen-bond acceptors (Lipinski definition) is 3. The maximum absolute atomic E-state index is 12.7. The van der Waals surface area contributed by atoms with Gasteiger partial charge >= 0.3 is 6.18 Å². The summed E-state index contributed by atoms with van der Waals surface area (Å²) in [5, 5.41) is 0. The average molecular weight is 456 g/mol. The number of nitrogens with zero attached hydrogens (tertiary/aromatic N) is 3. The summed E-state index contributed by atoms with van der Waals surface area (Å²) in [4.78, 5) is 20.9. The van der Waals surface area contributed by atoms with E-state index in [1.54, 1.807) is 6.20 Å². The fraction of sp³-hybridized carbons (Fsp3) is 0.400.